The first-order valence-electron chi connectivity index (χ1n) is 6.68. The molecule has 1 aliphatic rings. The highest BCUT2D eigenvalue weighted by Gasteiger charge is 2.34. The Morgan fingerprint density at radius 3 is 2.33 bits per heavy atom. The van der Waals surface area contributed by atoms with Crippen LogP contribution in [-0.4, -0.2) is 41.1 Å². The van der Waals surface area contributed by atoms with E-state index >= 15 is 0 Å². The summed E-state index contributed by atoms with van der Waals surface area (Å²) in [6, 6.07) is 2.03. The van der Waals surface area contributed by atoms with Gasteiger partial charge < -0.3 is 9.64 Å². The molecule has 116 valence electrons. The Hall–Kier alpha value is -1.63. The molecule has 2 heterocycles. The predicted octanol–water partition coefficient (Wildman–Crippen LogP) is 2.66. The van der Waals surface area contributed by atoms with Gasteiger partial charge >= 0.3 is 6.18 Å². The van der Waals surface area contributed by atoms with Crippen LogP contribution >= 0.6 is 0 Å². The number of morpholine rings is 1. The van der Waals surface area contributed by atoms with Gasteiger partial charge in [-0.2, -0.15) is 13.2 Å². The van der Waals surface area contributed by atoms with Crippen molar-refractivity contribution in [2.45, 2.75) is 39.2 Å². The van der Waals surface area contributed by atoms with Gasteiger partial charge in [0.25, 0.3) is 5.91 Å². The number of halogens is 3. The largest absolute Gasteiger partial charge is 0.433 e. The van der Waals surface area contributed by atoms with Gasteiger partial charge in [-0.3, -0.25) is 4.79 Å². The van der Waals surface area contributed by atoms with E-state index in [1.165, 1.54) is 13.0 Å². The van der Waals surface area contributed by atoms with Crippen LogP contribution in [0.5, 0.6) is 0 Å². The van der Waals surface area contributed by atoms with Gasteiger partial charge in [-0.05, 0) is 32.9 Å². The summed E-state index contributed by atoms with van der Waals surface area (Å²) in [5, 5.41) is 0. The average Bonchev–Trinajstić information content (AvgIpc) is 2.35. The Labute approximate surface area is 120 Å². The van der Waals surface area contributed by atoms with Crippen molar-refractivity contribution >= 4 is 5.91 Å². The van der Waals surface area contributed by atoms with E-state index in [0.29, 0.717) is 13.1 Å². The number of carbonyl (C=O) groups excluding carboxylic acids is 1. The van der Waals surface area contributed by atoms with Gasteiger partial charge in [0.15, 0.2) is 0 Å². The molecule has 1 aromatic rings. The highest BCUT2D eigenvalue weighted by atomic mass is 19.4. The molecule has 1 fully saturated rings. The number of aryl methyl sites for hydroxylation is 1. The monoisotopic (exact) mass is 302 g/mol. The third kappa shape index (κ3) is 3.53. The van der Waals surface area contributed by atoms with Gasteiger partial charge in [-0.1, -0.05) is 0 Å². The number of alkyl halides is 3. The number of hydrogen-bond acceptors (Lipinski definition) is 3. The topological polar surface area (TPSA) is 42.4 Å². The van der Waals surface area contributed by atoms with Crippen LogP contribution in [-0.2, 0) is 10.9 Å². The zero-order valence-corrected chi connectivity index (χ0v) is 12.1. The van der Waals surface area contributed by atoms with Crippen LogP contribution in [0, 0.1) is 6.92 Å². The van der Waals surface area contributed by atoms with Gasteiger partial charge in [0.2, 0.25) is 0 Å². The fourth-order valence-corrected chi connectivity index (χ4v) is 2.46. The fourth-order valence-electron chi connectivity index (χ4n) is 2.46. The van der Waals surface area contributed by atoms with E-state index in [1.54, 1.807) is 4.90 Å². The summed E-state index contributed by atoms with van der Waals surface area (Å²) in [6.07, 6.45) is -4.70. The maximum absolute atomic E-state index is 12.6. The first-order chi connectivity index (χ1) is 9.68. The minimum Gasteiger partial charge on any atom is -0.372 e. The predicted molar refractivity (Wildman–Crippen MR) is 69.9 cm³/mol. The third-order valence-corrected chi connectivity index (χ3v) is 3.31. The minimum atomic E-state index is -4.51. The van der Waals surface area contributed by atoms with Crippen LogP contribution in [0.2, 0.25) is 0 Å². The third-order valence-electron chi connectivity index (χ3n) is 3.31. The van der Waals surface area contributed by atoms with Crippen molar-refractivity contribution in [1.29, 1.82) is 0 Å². The van der Waals surface area contributed by atoms with Crippen molar-refractivity contribution < 1.29 is 22.7 Å². The number of rotatable bonds is 1. The molecule has 1 amide bonds. The number of aromatic nitrogens is 1. The van der Waals surface area contributed by atoms with E-state index in [2.05, 4.69) is 4.98 Å². The Kier molecular flexibility index (Phi) is 4.22. The molecule has 0 N–H and O–H groups in total. The highest BCUT2D eigenvalue weighted by molar-refractivity contribution is 5.95. The minimum absolute atomic E-state index is 0.0848. The Morgan fingerprint density at radius 1 is 1.29 bits per heavy atom. The van der Waals surface area contributed by atoms with E-state index in [-0.39, 0.29) is 29.4 Å². The second kappa shape index (κ2) is 5.63. The quantitative estimate of drug-likeness (QED) is 0.801. The van der Waals surface area contributed by atoms with E-state index in [1.807, 2.05) is 13.8 Å². The molecule has 4 nitrogen and oxygen atoms in total. The lowest BCUT2D eigenvalue weighted by atomic mass is 10.1. The molecule has 0 saturated carbocycles. The van der Waals surface area contributed by atoms with Crippen LogP contribution in [0.25, 0.3) is 0 Å². The molecule has 0 aromatic carbocycles. The number of hydrogen-bond donors (Lipinski definition) is 0. The normalized spacial score (nSPS) is 23.2. The standard InChI is InChI=1S/C14H17F3N2O2/c1-8-6-19(7-9(2)21-8)13(20)11-4-5-12(14(15,16)17)18-10(11)3/h4-5,8-9H,6-7H2,1-3H3/t8-,9-/m1/s1. The lowest BCUT2D eigenvalue weighted by Crippen LogP contribution is -2.48. The van der Waals surface area contributed by atoms with Crippen molar-refractivity contribution in [1.82, 2.24) is 9.88 Å². The van der Waals surface area contributed by atoms with Gasteiger partial charge in [0.1, 0.15) is 5.69 Å². The summed E-state index contributed by atoms with van der Waals surface area (Å²) in [4.78, 5) is 17.5. The van der Waals surface area contributed by atoms with E-state index in [9.17, 15) is 18.0 Å². The molecule has 7 heteroatoms. The van der Waals surface area contributed by atoms with Crippen LogP contribution in [0.15, 0.2) is 12.1 Å². The van der Waals surface area contributed by atoms with Crippen molar-refractivity contribution in [3.63, 3.8) is 0 Å². The number of amides is 1. The van der Waals surface area contributed by atoms with Crippen molar-refractivity contribution in [2.75, 3.05) is 13.1 Å². The molecule has 0 aliphatic carbocycles. The van der Waals surface area contributed by atoms with E-state index in [4.69, 9.17) is 4.74 Å². The molecule has 0 radical (unpaired) electrons. The van der Waals surface area contributed by atoms with Crippen LogP contribution in [0.4, 0.5) is 13.2 Å². The van der Waals surface area contributed by atoms with E-state index in [0.717, 1.165) is 6.07 Å². The molecular weight excluding hydrogens is 285 g/mol. The van der Waals surface area contributed by atoms with Crippen molar-refractivity contribution in [3.8, 4) is 0 Å². The average molecular weight is 302 g/mol. The zero-order chi connectivity index (χ0) is 15.8. The molecule has 21 heavy (non-hydrogen) atoms. The number of pyridine rings is 1. The smallest absolute Gasteiger partial charge is 0.372 e. The van der Waals surface area contributed by atoms with Gasteiger partial charge in [-0.15, -0.1) is 0 Å². The SMILES string of the molecule is Cc1nc(C(F)(F)F)ccc1C(=O)N1C[C@@H](C)O[C@H](C)C1. The Balaban J connectivity index is 2.23. The first kappa shape index (κ1) is 15.8. The molecular formula is C14H17F3N2O2. The van der Waals surface area contributed by atoms with Crippen molar-refractivity contribution in [3.05, 3.63) is 29.1 Å². The maximum atomic E-state index is 12.6. The molecule has 1 aliphatic heterocycles. The molecule has 0 unspecified atom stereocenters. The molecule has 2 rings (SSSR count). The number of ether oxygens (including phenoxy) is 1. The fraction of sp³-hybridized carbons (Fsp3) is 0.571. The van der Waals surface area contributed by atoms with Gasteiger partial charge in [0, 0.05) is 13.1 Å². The first-order valence-corrected chi connectivity index (χ1v) is 6.68. The second-order valence-electron chi connectivity index (χ2n) is 5.29. The summed E-state index contributed by atoms with van der Waals surface area (Å²) in [7, 11) is 0. The molecule has 0 spiro atoms. The highest BCUT2D eigenvalue weighted by Crippen LogP contribution is 2.28. The summed E-state index contributed by atoms with van der Waals surface area (Å²) >= 11 is 0. The van der Waals surface area contributed by atoms with E-state index < -0.39 is 11.9 Å². The molecule has 0 bridgehead atoms. The molecule has 1 aromatic heterocycles. The zero-order valence-electron chi connectivity index (χ0n) is 12.1. The molecule has 2 atom stereocenters. The Morgan fingerprint density at radius 2 is 1.86 bits per heavy atom. The van der Waals surface area contributed by atoms with Crippen LogP contribution < -0.4 is 0 Å². The maximum Gasteiger partial charge on any atom is 0.433 e. The second-order valence-corrected chi connectivity index (χ2v) is 5.29. The van der Waals surface area contributed by atoms with Crippen LogP contribution in [0.3, 0.4) is 0 Å². The van der Waals surface area contributed by atoms with Gasteiger partial charge in [0.05, 0.1) is 23.5 Å². The summed E-state index contributed by atoms with van der Waals surface area (Å²) in [5.41, 5.74) is -0.703. The summed E-state index contributed by atoms with van der Waals surface area (Å²) < 4.78 is 43.3. The van der Waals surface area contributed by atoms with Gasteiger partial charge in [-0.25, -0.2) is 4.98 Å². The van der Waals surface area contributed by atoms with Crippen molar-refractivity contribution in [2.24, 2.45) is 0 Å². The summed E-state index contributed by atoms with van der Waals surface area (Å²) in [6.45, 7) is 5.96. The summed E-state index contributed by atoms with van der Waals surface area (Å²) in [5.74, 6) is -0.310. The molecule has 1 saturated heterocycles. The lowest BCUT2D eigenvalue weighted by molar-refractivity contribution is -0.141. The lowest BCUT2D eigenvalue weighted by Gasteiger charge is -2.35. The number of nitrogens with zero attached hydrogens (tertiary/aromatic N) is 2. The number of carbonyl (C=O) groups is 1. The van der Waals surface area contributed by atoms with Crippen LogP contribution in [0.1, 0.15) is 35.6 Å². The Bertz CT molecular complexity index is 536.